The van der Waals surface area contributed by atoms with Crippen molar-refractivity contribution in [1.82, 2.24) is 9.36 Å². The Bertz CT molecular complexity index is 360. The van der Waals surface area contributed by atoms with Crippen molar-refractivity contribution in [3.8, 4) is 0 Å². The van der Waals surface area contributed by atoms with Crippen LogP contribution in [0.2, 0.25) is 0 Å². The molecule has 0 amide bonds. The minimum atomic E-state index is -0.718. The highest BCUT2D eigenvalue weighted by atomic mass is 32.1. The minimum absolute atomic E-state index is 0.233. The van der Waals surface area contributed by atoms with Gasteiger partial charge in [-0.05, 0) is 6.42 Å². The van der Waals surface area contributed by atoms with Gasteiger partial charge in [-0.1, -0.05) is 6.92 Å². The van der Waals surface area contributed by atoms with E-state index in [0.29, 0.717) is 13.1 Å². The van der Waals surface area contributed by atoms with E-state index in [2.05, 4.69) is 16.3 Å². The van der Waals surface area contributed by atoms with E-state index in [4.69, 9.17) is 5.11 Å². The summed E-state index contributed by atoms with van der Waals surface area (Å²) >= 11 is 1.36. The fraction of sp³-hybridized carbons (Fsp3) is 0.667. The van der Waals surface area contributed by atoms with Crippen LogP contribution in [0.3, 0.4) is 0 Å². The maximum atomic E-state index is 10.6. The molecule has 82 valence electrons. The number of rotatable bonds is 4. The summed E-state index contributed by atoms with van der Waals surface area (Å²) in [4.78, 5) is 16.9. The molecule has 5 nitrogen and oxygen atoms in total. The molecular weight excluding hydrogens is 214 g/mol. The number of aliphatic carboxylic acids is 1. The Labute approximate surface area is 91.9 Å². The summed E-state index contributed by atoms with van der Waals surface area (Å²) in [7, 11) is 0. The third-order valence-electron chi connectivity index (χ3n) is 2.43. The van der Waals surface area contributed by atoms with Gasteiger partial charge in [0.05, 0.1) is 5.92 Å². The monoisotopic (exact) mass is 227 g/mol. The maximum absolute atomic E-state index is 10.6. The first-order valence-electron chi connectivity index (χ1n) is 5.01. The van der Waals surface area contributed by atoms with Gasteiger partial charge in [0.1, 0.15) is 5.82 Å². The fourth-order valence-corrected chi connectivity index (χ4v) is 2.22. The van der Waals surface area contributed by atoms with Crippen LogP contribution in [-0.2, 0) is 11.2 Å². The molecule has 1 aromatic rings. The Morgan fingerprint density at radius 2 is 2.40 bits per heavy atom. The molecule has 0 aliphatic carbocycles. The van der Waals surface area contributed by atoms with Gasteiger partial charge in [0, 0.05) is 31.0 Å². The number of carbonyl (C=O) groups is 1. The normalized spacial score (nSPS) is 16.5. The SMILES string of the molecule is CCCc1nsc(N2CC(C(=O)O)C2)n1. The predicted molar refractivity (Wildman–Crippen MR) is 57.2 cm³/mol. The predicted octanol–water partition coefficient (Wildman–Crippen LogP) is 1.01. The zero-order chi connectivity index (χ0) is 10.8. The average Bonchev–Trinajstić information content (AvgIpc) is 2.50. The van der Waals surface area contributed by atoms with E-state index >= 15 is 0 Å². The summed E-state index contributed by atoms with van der Waals surface area (Å²) in [5.41, 5.74) is 0. The number of nitrogens with zero attached hydrogens (tertiary/aromatic N) is 3. The second-order valence-electron chi connectivity index (χ2n) is 3.68. The highest BCUT2D eigenvalue weighted by Crippen LogP contribution is 2.26. The van der Waals surface area contributed by atoms with Crippen molar-refractivity contribution in [3.05, 3.63) is 5.82 Å². The second kappa shape index (κ2) is 4.14. The standard InChI is InChI=1S/C9H13N3O2S/c1-2-3-7-10-9(15-11-7)12-4-6(5-12)8(13)14/h6H,2-5H2,1H3,(H,13,14). The Morgan fingerprint density at radius 1 is 1.67 bits per heavy atom. The van der Waals surface area contributed by atoms with Crippen LogP contribution in [0.1, 0.15) is 19.2 Å². The lowest BCUT2D eigenvalue weighted by atomic mass is 10.0. The van der Waals surface area contributed by atoms with Gasteiger partial charge in [-0.15, -0.1) is 0 Å². The summed E-state index contributed by atoms with van der Waals surface area (Å²) in [6.45, 7) is 3.22. The molecule has 1 saturated heterocycles. The minimum Gasteiger partial charge on any atom is -0.481 e. The van der Waals surface area contributed by atoms with Crippen LogP contribution in [0, 0.1) is 5.92 Å². The molecule has 0 bridgehead atoms. The number of anilines is 1. The molecule has 2 rings (SSSR count). The number of hydrogen-bond donors (Lipinski definition) is 1. The summed E-state index contributed by atoms with van der Waals surface area (Å²) in [6, 6.07) is 0. The van der Waals surface area contributed by atoms with Gasteiger partial charge in [0.25, 0.3) is 0 Å². The summed E-state index contributed by atoms with van der Waals surface area (Å²) in [5.74, 6) is -0.0793. The molecule has 0 atom stereocenters. The number of hydrogen-bond acceptors (Lipinski definition) is 5. The molecular formula is C9H13N3O2S. The molecule has 0 aromatic carbocycles. The highest BCUT2D eigenvalue weighted by molar-refractivity contribution is 7.09. The van der Waals surface area contributed by atoms with Crippen molar-refractivity contribution >= 4 is 22.6 Å². The third-order valence-corrected chi connectivity index (χ3v) is 3.25. The Kier molecular flexibility index (Phi) is 2.86. The first kappa shape index (κ1) is 10.4. The molecule has 1 fully saturated rings. The molecule has 0 saturated carbocycles. The lowest BCUT2D eigenvalue weighted by molar-refractivity contribution is -0.142. The van der Waals surface area contributed by atoms with E-state index in [9.17, 15) is 4.79 Å². The highest BCUT2D eigenvalue weighted by Gasteiger charge is 2.34. The van der Waals surface area contributed by atoms with E-state index < -0.39 is 5.97 Å². The van der Waals surface area contributed by atoms with Crippen molar-refractivity contribution in [3.63, 3.8) is 0 Å². The Morgan fingerprint density at radius 3 is 3.00 bits per heavy atom. The summed E-state index contributed by atoms with van der Waals surface area (Å²) in [6.07, 6.45) is 1.93. The molecule has 1 aliphatic heterocycles. The van der Waals surface area contributed by atoms with Crippen LogP contribution in [-0.4, -0.2) is 33.5 Å². The molecule has 0 spiro atoms. The van der Waals surface area contributed by atoms with Gasteiger partial charge in [-0.2, -0.15) is 4.37 Å². The largest absolute Gasteiger partial charge is 0.481 e. The lowest BCUT2D eigenvalue weighted by Gasteiger charge is -2.35. The van der Waals surface area contributed by atoms with E-state index in [1.807, 2.05) is 4.90 Å². The molecule has 1 N–H and O–H groups in total. The van der Waals surface area contributed by atoms with Crippen molar-refractivity contribution in [2.45, 2.75) is 19.8 Å². The molecule has 2 heterocycles. The van der Waals surface area contributed by atoms with Crippen LogP contribution in [0.4, 0.5) is 5.13 Å². The Balaban J connectivity index is 1.92. The lowest BCUT2D eigenvalue weighted by Crippen LogP contribution is -2.50. The van der Waals surface area contributed by atoms with Gasteiger partial charge in [0.2, 0.25) is 5.13 Å². The van der Waals surface area contributed by atoms with Crippen molar-refractivity contribution in [2.24, 2.45) is 5.92 Å². The van der Waals surface area contributed by atoms with Gasteiger partial charge >= 0.3 is 5.97 Å². The molecule has 15 heavy (non-hydrogen) atoms. The van der Waals surface area contributed by atoms with Crippen LogP contribution in [0.15, 0.2) is 0 Å². The number of carboxylic acid groups (broad SMARTS) is 1. The fourth-order valence-electron chi connectivity index (χ4n) is 1.49. The smallest absolute Gasteiger partial charge is 0.310 e. The topological polar surface area (TPSA) is 66.3 Å². The van der Waals surface area contributed by atoms with Gasteiger partial charge in [-0.25, -0.2) is 4.98 Å². The van der Waals surface area contributed by atoms with E-state index in [1.54, 1.807) is 0 Å². The number of aromatic nitrogens is 2. The first-order valence-corrected chi connectivity index (χ1v) is 5.78. The maximum Gasteiger partial charge on any atom is 0.310 e. The second-order valence-corrected chi connectivity index (χ2v) is 4.41. The van der Waals surface area contributed by atoms with Gasteiger partial charge in [-0.3, -0.25) is 4.79 Å². The van der Waals surface area contributed by atoms with Crippen LogP contribution in [0.25, 0.3) is 0 Å². The van der Waals surface area contributed by atoms with Crippen LogP contribution < -0.4 is 4.90 Å². The quantitative estimate of drug-likeness (QED) is 0.831. The molecule has 1 aliphatic rings. The zero-order valence-corrected chi connectivity index (χ0v) is 9.33. The third kappa shape index (κ3) is 2.09. The average molecular weight is 227 g/mol. The molecule has 6 heteroatoms. The van der Waals surface area contributed by atoms with Crippen molar-refractivity contribution in [1.29, 1.82) is 0 Å². The Hall–Kier alpha value is -1.17. The van der Waals surface area contributed by atoms with Crippen LogP contribution >= 0.6 is 11.5 Å². The van der Waals surface area contributed by atoms with E-state index in [-0.39, 0.29) is 5.92 Å². The van der Waals surface area contributed by atoms with E-state index in [0.717, 1.165) is 23.8 Å². The molecule has 0 radical (unpaired) electrons. The first-order chi connectivity index (χ1) is 7.20. The number of aryl methyl sites for hydroxylation is 1. The summed E-state index contributed by atoms with van der Waals surface area (Å²) in [5, 5.41) is 9.59. The van der Waals surface area contributed by atoms with Crippen LogP contribution in [0.5, 0.6) is 0 Å². The van der Waals surface area contributed by atoms with Crippen molar-refractivity contribution < 1.29 is 9.90 Å². The van der Waals surface area contributed by atoms with E-state index in [1.165, 1.54) is 11.5 Å². The molecule has 0 unspecified atom stereocenters. The van der Waals surface area contributed by atoms with Crippen molar-refractivity contribution in [2.75, 3.05) is 18.0 Å². The number of carboxylic acids is 1. The summed E-state index contributed by atoms with van der Waals surface area (Å²) < 4.78 is 4.22. The van der Waals surface area contributed by atoms with Gasteiger partial charge in [0.15, 0.2) is 0 Å². The zero-order valence-electron chi connectivity index (χ0n) is 8.51. The van der Waals surface area contributed by atoms with Gasteiger partial charge < -0.3 is 10.0 Å². The molecule has 1 aromatic heterocycles.